The van der Waals surface area contributed by atoms with Gasteiger partial charge in [0, 0.05) is 48.3 Å². The molecule has 3 aromatic rings. The van der Waals surface area contributed by atoms with Gasteiger partial charge >= 0.3 is 0 Å². The van der Waals surface area contributed by atoms with Gasteiger partial charge in [-0.15, -0.1) is 11.8 Å². The van der Waals surface area contributed by atoms with Crippen molar-refractivity contribution in [2.24, 2.45) is 0 Å². The molecule has 1 amide bonds. The van der Waals surface area contributed by atoms with E-state index in [9.17, 15) is 4.79 Å². The summed E-state index contributed by atoms with van der Waals surface area (Å²) >= 11 is 15.5. The summed E-state index contributed by atoms with van der Waals surface area (Å²) in [4.78, 5) is 22.5. The van der Waals surface area contributed by atoms with Crippen LogP contribution in [0.1, 0.15) is 6.42 Å². The Hall–Kier alpha value is -1.47. The molecule has 146 valence electrons. The van der Waals surface area contributed by atoms with Crippen LogP contribution in [0.4, 0.5) is 5.13 Å². The number of hydrogen-bond donors (Lipinski definition) is 0. The number of piperazine rings is 1. The summed E-state index contributed by atoms with van der Waals surface area (Å²) in [6.45, 7) is 3.06. The lowest BCUT2D eigenvalue weighted by Crippen LogP contribution is -2.48. The fourth-order valence-electron chi connectivity index (χ4n) is 3.13. The first-order valence-electron chi connectivity index (χ1n) is 9.06. The molecule has 0 aliphatic carbocycles. The van der Waals surface area contributed by atoms with Crippen molar-refractivity contribution in [1.82, 2.24) is 9.88 Å². The topological polar surface area (TPSA) is 36.4 Å². The first-order valence-corrected chi connectivity index (χ1v) is 11.6. The second kappa shape index (κ2) is 8.91. The molecule has 0 radical (unpaired) electrons. The highest BCUT2D eigenvalue weighted by Gasteiger charge is 2.23. The Labute approximate surface area is 182 Å². The number of carbonyl (C=O) groups is 1. The Morgan fingerprint density at radius 1 is 1.07 bits per heavy atom. The van der Waals surface area contributed by atoms with E-state index in [0.717, 1.165) is 57.2 Å². The van der Waals surface area contributed by atoms with Gasteiger partial charge in [0.25, 0.3) is 0 Å². The molecule has 0 spiro atoms. The van der Waals surface area contributed by atoms with Crippen LogP contribution in [-0.2, 0) is 4.79 Å². The first-order chi connectivity index (χ1) is 13.6. The van der Waals surface area contributed by atoms with Crippen molar-refractivity contribution in [3.63, 3.8) is 0 Å². The number of carbonyl (C=O) groups excluding carboxylic acids is 1. The number of aromatic nitrogens is 1. The number of nitrogens with zero attached hydrogens (tertiary/aromatic N) is 3. The van der Waals surface area contributed by atoms with Crippen LogP contribution in [0.3, 0.4) is 0 Å². The molecule has 1 aliphatic heterocycles. The summed E-state index contributed by atoms with van der Waals surface area (Å²) < 4.78 is 1.10. The summed E-state index contributed by atoms with van der Waals surface area (Å²) in [7, 11) is 0. The number of thiazole rings is 1. The number of amides is 1. The Balaban J connectivity index is 1.27. The SMILES string of the molecule is O=C(CCSc1ccc(Cl)cc1)N1CCN(c2nc3c(Cl)cccc3s2)CC1. The monoisotopic (exact) mass is 451 g/mol. The van der Waals surface area contributed by atoms with Crippen molar-refractivity contribution in [2.75, 3.05) is 36.8 Å². The number of thioether (sulfide) groups is 1. The summed E-state index contributed by atoms with van der Waals surface area (Å²) in [5.74, 6) is 0.991. The molecule has 1 fully saturated rings. The average Bonchev–Trinajstić information content (AvgIpc) is 3.15. The van der Waals surface area contributed by atoms with Crippen LogP contribution < -0.4 is 4.90 Å². The standard InChI is InChI=1S/C20H19Cl2N3OS2/c21-14-4-6-15(7-5-14)27-13-8-18(26)24-9-11-25(12-10-24)20-23-19-16(22)2-1-3-17(19)28-20/h1-7H,8-13H2. The molecule has 0 saturated carbocycles. The van der Waals surface area contributed by atoms with E-state index in [0.29, 0.717) is 11.4 Å². The molecule has 28 heavy (non-hydrogen) atoms. The molecule has 0 N–H and O–H groups in total. The van der Waals surface area contributed by atoms with E-state index in [4.69, 9.17) is 28.2 Å². The van der Waals surface area contributed by atoms with Gasteiger partial charge < -0.3 is 9.80 Å². The van der Waals surface area contributed by atoms with E-state index in [-0.39, 0.29) is 5.91 Å². The normalized spacial score (nSPS) is 14.6. The fourth-order valence-corrected chi connectivity index (χ4v) is 5.41. The van der Waals surface area contributed by atoms with Crippen molar-refractivity contribution in [3.8, 4) is 0 Å². The molecule has 4 nitrogen and oxygen atoms in total. The molecule has 1 aliphatic rings. The van der Waals surface area contributed by atoms with Crippen LogP contribution in [0.25, 0.3) is 10.2 Å². The van der Waals surface area contributed by atoms with E-state index < -0.39 is 0 Å². The maximum Gasteiger partial charge on any atom is 0.223 e. The average molecular weight is 452 g/mol. The quantitative estimate of drug-likeness (QED) is 0.484. The second-order valence-electron chi connectivity index (χ2n) is 6.50. The Morgan fingerprint density at radius 3 is 2.54 bits per heavy atom. The van der Waals surface area contributed by atoms with E-state index in [1.54, 1.807) is 23.1 Å². The third-order valence-electron chi connectivity index (χ3n) is 4.66. The molecule has 4 rings (SSSR count). The summed E-state index contributed by atoms with van der Waals surface area (Å²) in [5.41, 5.74) is 0.863. The molecule has 1 saturated heterocycles. The summed E-state index contributed by atoms with van der Waals surface area (Å²) in [6.07, 6.45) is 0.546. The Kier molecular flexibility index (Phi) is 6.31. The second-order valence-corrected chi connectivity index (χ2v) is 9.52. The van der Waals surface area contributed by atoms with Crippen LogP contribution >= 0.6 is 46.3 Å². The van der Waals surface area contributed by atoms with Gasteiger partial charge in [-0.1, -0.05) is 40.6 Å². The van der Waals surface area contributed by atoms with E-state index in [1.165, 1.54) is 0 Å². The lowest BCUT2D eigenvalue weighted by atomic mass is 10.3. The van der Waals surface area contributed by atoms with Gasteiger partial charge in [0.05, 0.1) is 9.72 Å². The molecule has 2 aromatic carbocycles. The van der Waals surface area contributed by atoms with Gasteiger partial charge in [-0.3, -0.25) is 4.79 Å². The smallest absolute Gasteiger partial charge is 0.223 e. The van der Waals surface area contributed by atoms with Crippen molar-refractivity contribution in [3.05, 3.63) is 52.5 Å². The number of rotatable bonds is 5. The largest absolute Gasteiger partial charge is 0.345 e. The minimum atomic E-state index is 0.216. The molecular weight excluding hydrogens is 433 g/mol. The van der Waals surface area contributed by atoms with Gasteiger partial charge in [-0.25, -0.2) is 4.98 Å². The van der Waals surface area contributed by atoms with Crippen molar-refractivity contribution >= 4 is 67.6 Å². The zero-order valence-corrected chi connectivity index (χ0v) is 18.3. The number of para-hydroxylation sites is 1. The van der Waals surface area contributed by atoms with E-state index >= 15 is 0 Å². The fraction of sp³-hybridized carbons (Fsp3) is 0.300. The van der Waals surface area contributed by atoms with Crippen molar-refractivity contribution < 1.29 is 4.79 Å². The number of halogens is 2. The zero-order chi connectivity index (χ0) is 19.5. The van der Waals surface area contributed by atoms with Gasteiger partial charge in [0.1, 0.15) is 5.52 Å². The van der Waals surface area contributed by atoms with Crippen LogP contribution in [-0.4, -0.2) is 47.7 Å². The number of benzene rings is 2. The lowest BCUT2D eigenvalue weighted by molar-refractivity contribution is -0.131. The van der Waals surface area contributed by atoms with Crippen LogP contribution in [0.5, 0.6) is 0 Å². The van der Waals surface area contributed by atoms with Gasteiger partial charge in [0.15, 0.2) is 5.13 Å². The third kappa shape index (κ3) is 4.57. The molecule has 1 aromatic heterocycles. The van der Waals surface area contributed by atoms with Crippen molar-refractivity contribution in [1.29, 1.82) is 0 Å². The van der Waals surface area contributed by atoms with E-state index in [1.807, 2.05) is 47.4 Å². The summed E-state index contributed by atoms with van der Waals surface area (Å²) in [5, 5.41) is 2.40. The first kappa shape index (κ1) is 19.8. The number of hydrogen-bond acceptors (Lipinski definition) is 5. The van der Waals surface area contributed by atoms with Crippen molar-refractivity contribution in [2.45, 2.75) is 11.3 Å². The predicted molar refractivity (Wildman–Crippen MR) is 120 cm³/mol. The molecular formula is C20H19Cl2N3OS2. The number of anilines is 1. The van der Waals surface area contributed by atoms with Crippen LogP contribution in [0.15, 0.2) is 47.4 Å². The highest BCUT2D eigenvalue weighted by atomic mass is 35.5. The lowest BCUT2D eigenvalue weighted by Gasteiger charge is -2.34. The Morgan fingerprint density at radius 2 is 1.82 bits per heavy atom. The predicted octanol–water partition coefficient (Wildman–Crippen LogP) is 5.43. The van der Waals surface area contributed by atoms with E-state index in [2.05, 4.69) is 4.90 Å². The molecule has 0 unspecified atom stereocenters. The minimum absolute atomic E-state index is 0.216. The zero-order valence-electron chi connectivity index (χ0n) is 15.1. The van der Waals surface area contributed by atoms with Gasteiger partial charge in [0.2, 0.25) is 5.91 Å². The maximum absolute atomic E-state index is 12.5. The van der Waals surface area contributed by atoms with Gasteiger partial charge in [-0.05, 0) is 36.4 Å². The molecule has 0 bridgehead atoms. The third-order valence-corrected chi connectivity index (χ3v) is 7.31. The van der Waals surface area contributed by atoms with Gasteiger partial charge in [-0.2, -0.15) is 0 Å². The molecule has 8 heteroatoms. The minimum Gasteiger partial charge on any atom is -0.345 e. The highest BCUT2D eigenvalue weighted by molar-refractivity contribution is 7.99. The number of fused-ring (bicyclic) bond motifs is 1. The highest BCUT2D eigenvalue weighted by Crippen LogP contribution is 2.33. The van der Waals surface area contributed by atoms with Crippen LogP contribution in [0.2, 0.25) is 10.0 Å². The molecule has 2 heterocycles. The van der Waals surface area contributed by atoms with Crippen LogP contribution in [0, 0.1) is 0 Å². The summed E-state index contributed by atoms with van der Waals surface area (Å²) in [6, 6.07) is 13.6. The molecule has 0 atom stereocenters. The maximum atomic E-state index is 12.5. The Bertz CT molecular complexity index is 969.